The predicted molar refractivity (Wildman–Crippen MR) is 81.1 cm³/mol. The molecule has 2 nitrogen and oxygen atoms in total. The molecule has 0 fully saturated rings. The fourth-order valence-electron chi connectivity index (χ4n) is 2.95. The number of halogens is 1. The van der Waals surface area contributed by atoms with Crippen LogP contribution in [0.3, 0.4) is 0 Å². The number of methoxy groups -OCH3 is 1. The molecule has 106 valence electrons. The first kappa shape index (κ1) is 14.8. The van der Waals surface area contributed by atoms with Crippen molar-refractivity contribution in [1.82, 2.24) is 5.32 Å². The lowest BCUT2D eigenvalue weighted by Gasteiger charge is -2.27. The molecule has 2 rings (SSSR count). The fraction of sp³-hybridized carbons (Fsp3) is 0.625. The summed E-state index contributed by atoms with van der Waals surface area (Å²) < 4.78 is 5.24. The minimum atomic E-state index is 0.372. The van der Waals surface area contributed by atoms with Gasteiger partial charge in [0.25, 0.3) is 0 Å². The Kier molecular flexibility index (Phi) is 6.15. The van der Waals surface area contributed by atoms with Crippen LogP contribution in [0.4, 0.5) is 0 Å². The van der Waals surface area contributed by atoms with Crippen molar-refractivity contribution in [2.24, 2.45) is 0 Å². The summed E-state index contributed by atoms with van der Waals surface area (Å²) in [5, 5.41) is 3.62. The number of alkyl halides is 1. The average Bonchev–Trinajstić information content (AvgIpc) is 2.45. The van der Waals surface area contributed by atoms with Crippen molar-refractivity contribution in [3.8, 4) is 0 Å². The van der Waals surface area contributed by atoms with Crippen LogP contribution in [0.5, 0.6) is 0 Å². The van der Waals surface area contributed by atoms with Crippen LogP contribution in [0, 0.1) is 0 Å². The van der Waals surface area contributed by atoms with Gasteiger partial charge < -0.3 is 10.1 Å². The molecule has 0 aliphatic heterocycles. The van der Waals surface area contributed by atoms with Gasteiger partial charge in [0.15, 0.2) is 0 Å². The van der Waals surface area contributed by atoms with E-state index in [9.17, 15) is 0 Å². The first-order valence-corrected chi connectivity index (χ1v) is 7.74. The lowest BCUT2D eigenvalue weighted by molar-refractivity contribution is 0.163. The summed E-state index contributed by atoms with van der Waals surface area (Å²) in [6.45, 7) is 1.77. The van der Waals surface area contributed by atoms with E-state index in [4.69, 9.17) is 16.3 Å². The van der Waals surface area contributed by atoms with Crippen molar-refractivity contribution in [2.75, 3.05) is 26.1 Å². The smallest absolute Gasteiger partial charge is 0.0616 e. The first-order valence-electron chi connectivity index (χ1n) is 7.21. The molecule has 1 aromatic carbocycles. The Morgan fingerprint density at radius 2 is 2.26 bits per heavy atom. The zero-order valence-electron chi connectivity index (χ0n) is 11.7. The highest BCUT2D eigenvalue weighted by Crippen LogP contribution is 2.30. The van der Waals surface area contributed by atoms with Crippen molar-refractivity contribution in [2.45, 2.75) is 37.6 Å². The number of aryl methyl sites for hydroxylation is 1. The molecule has 0 bridgehead atoms. The number of benzene rings is 1. The lowest BCUT2D eigenvalue weighted by atomic mass is 9.83. The number of nitrogens with one attached hydrogen (secondary N) is 1. The van der Waals surface area contributed by atoms with Crippen LogP contribution in [-0.4, -0.2) is 32.2 Å². The van der Waals surface area contributed by atoms with Crippen molar-refractivity contribution in [1.29, 1.82) is 0 Å². The highest BCUT2D eigenvalue weighted by Gasteiger charge is 2.20. The summed E-state index contributed by atoms with van der Waals surface area (Å²) in [5.74, 6) is 1.32. The zero-order chi connectivity index (χ0) is 13.5. The van der Waals surface area contributed by atoms with Gasteiger partial charge in [-0.2, -0.15) is 0 Å². The second-order valence-corrected chi connectivity index (χ2v) is 5.70. The molecule has 0 spiro atoms. The van der Waals surface area contributed by atoms with E-state index in [1.54, 1.807) is 7.11 Å². The van der Waals surface area contributed by atoms with E-state index < -0.39 is 0 Å². The number of fused-ring (bicyclic) bond motifs is 1. The fourth-order valence-corrected chi connectivity index (χ4v) is 3.22. The molecule has 1 aliphatic rings. The van der Waals surface area contributed by atoms with Gasteiger partial charge in [-0.05, 0) is 42.7 Å². The Balaban J connectivity index is 1.92. The molecule has 1 aliphatic carbocycles. The molecule has 3 heteroatoms. The van der Waals surface area contributed by atoms with Crippen molar-refractivity contribution in [3.05, 3.63) is 35.4 Å². The molecule has 0 radical (unpaired) electrons. The Hall–Kier alpha value is -0.570. The summed E-state index contributed by atoms with van der Waals surface area (Å²) in [6.07, 6.45) is 4.78. The summed E-state index contributed by atoms with van der Waals surface area (Å²) in [6, 6.07) is 9.23. The lowest BCUT2D eigenvalue weighted by Crippen LogP contribution is -2.37. The van der Waals surface area contributed by atoms with Crippen LogP contribution in [0.2, 0.25) is 0 Å². The number of hydrogen-bond donors (Lipinski definition) is 1. The molecular weight excluding hydrogens is 258 g/mol. The first-order chi connectivity index (χ1) is 9.35. The van der Waals surface area contributed by atoms with Gasteiger partial charge >= 0.3 is 0 Å². The zero-order valence-corrected chi connectivity index (χ0v) is 12.5. The highest BCUT2D eigenvalue weighted by molar-refractivity contribution is 6.17. The molecular formula is C16H24ClNO. The number of hydrogen-bond acceptors (Lipinski definition) is 2. The van der Waals surface area contributed by atoms with E-state index in [2.05, 4.69) is 29.6 Å². The maximum absolute atomic E-state index is 5.84. The minimum Gasteiger partial charge on any atom is -0.383 e. The van der Waals surface area contributed by atoms with Gasteiger partial charge in [-0.3, -0.25) is 0 Å². The maximum Gasteiger partial charge on any atom is 0.0616 e. The number of rotatable bonds is 7. The van der Waals surface area contributed by atoms with Gasteiger partial charge in [0.2, 0.25) is 0 Å². The van der Waals surface area contributed by atoms with Gasteiger partial charge in [-0.1, -0.05) is 24.3 Å². The number of ether oxygens (including phenoxy) is 1. The van der Waals surface area contributed by atoms with E-state index in [-0.39, 0.29) is 0 Å². The molecule has 1 aromatic rings. The molecule has 19 heavy (non-hydrogen) atoms. The molecule has 0 saturated carbocycles. The third-order valence-electron chi connectivity index (χ3n) is 3.97. The Bertz CT molecular complexity index is 377. The molecule has 0 amide bonds. The van der Waals surface area contributed by atoms with E-state index >= 15 is 0 Å². The summed E-state index contributed by atoms with van der Waals surface area (Å²) in [7, 11) is 1.75. The minimum absolute atomic E-state index is 0.372. The molecule has 0 aromatic heterocycles. The van der Waals surface area contributed by atoms with Crippen molar-refractivity contribution < 1.29 is 4.74 Å². The summed E-state index contributed by atoms with van der Waals surface area (Å²) in [5.41, 5.74) is 3.06. The molecule has 1 N–H and O–H groups in total. The second kappa shape index (κ2) is 7.88. The second-order valence-electron chi connectivity index (χ2n) is 5.33. The summed E-state index contributed by atoms with van der Waals surface area (Å²) >= 11 is 5.84. The van der Waals surface area contributed by atoms with E-state index in [0.717, 1.165) is 19.6 Å². The Morgan fingerprint density at radius 3 is 3.05 bits per heavy atom. The highest BCUT2D eigenvalue weighted by atomic mass is 35.5. The van der Waals surface area contributed by atoms with Crippen LogP contribution in [-0.2, 0) is 11.2 Å². The van der Waals surface area contributed by atoms with Crippen molar-refractivity contribution >= 4 is 11.6 Å². The maximum atomic E-state index is 5.84. The molecule has 2 unspecified atom stereocenters. The standard InChI is InChI=1S/C16H24ClNO/c1-19-12-15(9-10-17)18-11-14-7-4-6-13-5-2-3-8-16(13)14/h2-3,5,8,14-15,18H,4,6-7,9-12H2,1H3. The van der Waals surface area contributed by atoms with E-state index in [1.165, 1.54) is 30.4 Å². The largest absolute Gasteiger partial charge is 0.383 e. The normalized spacial score (nSPS) is 20.0. The Morgan fingerprint density at radius 1 is 1.42 bits per heavy atom. The van der Waals surface area contributed by atoms with Crippen LogP contribution in [0.25, 0.3) is 0 Å². The van der Waals surface area contributed by atoms with Gasteiger partial charge in [0.1, 0.15) is 0 Å². The average molecular weight is 282 g/mol. The van der Waals surface area contributed by atoms with Crippen LogP contribution < -0.4 is 5.32 Å². The topological polar surface area (TPSA) is 21.3 Å². The Labute approximate surface area is 121 Å². The molecule has 2 atom stereocenters. The van der Waals surface area contributed by atoms with E-state index in [0.29, 0.717) is 17.8 Å². The van der Waals surface area contributed by atoms with Gasteiger partial charge in [-0.15, -0.1) is 11.6 Å². The molecule has 0 saturated heterocycles. The van der Waals surface area contributed by atoms with Gasteiger partial charge in [-0.25, -0.2) is 0 Å². The molecule has 0 heterocycles. The van der Waals surface area contributed by atoms with Crippen LogP contribution >= 0.6 is 11.6 Å². The predicted octanol–water partition coefficient (Wildman–Crippen LogP) is 3.34. The van der Waals surface area contributed by atoms with Gasteiger partial charge in [0, 0.05) is 25.6 Å². The van der Waals surface area contributed by atoms with E-state index in [1.807, 2.05) is 0 Å². The van der Waals surface area contributed by atoms with Gasteiger partial charge in [0.05, 0.1) is 6.61 Å². The SMILES string of the molecule is COCC(CCCl)NCC1CCCc2ccccc21. The summed E-state index contributed by atoms with van der Waals surface area (Å²) in [4.78, 5) is 0. The third-order valence-corrected chi connectivity index (χ3v) is 4.19. The van der Waals surface area contributed by atoms with Crippen LogP contribution in [0.1, 0.15) is 36.3 Å². The van der Waals surface area contributed by atoms with Crippen molar-refractivity contribution in [3.63, 3.8) is 0 Å². The van der Waals surface area contributed by atoms with Crippen LogP contribution in [0.15, 0.2) is 24.3 Å². The monoisotopic (exact) mass is 281 g/mol. The quantitative estimate of drug-likeness (QED) is 0.774. The third kappa shape index (κ3) is 4.20.